The first-order chi connectivity index (χ1) is 10.6. The van der Waals surface area contributed by atoms with Crippen molar-refractivity contribution in [1.29, 1.82) is 0 Å². The third kappa shape index (κ3) is 3.20. The second kappa shape index (κ2) is 5.93. The molecule has 0 spiro atoms. The van der Waals surface area contributed by atoms with Crippen LogP contribution in [0.1, 0.15) is 18.4 Å². The summed E-state index contributed by atoms with van der Waals surface area (Å²) < 4.78 is 13.2. The number of nitrogens with two attached hydrogens (primary N) is 1. The summed E-state index contributed by atoms with van der Waals surface area (Å²) in [5.74, 6) is 0.626. The van der Waals surface area contributed by atoms with Gasteiger partial charge in [0, 0.05) is 16.6 Å². The Bertz CT molecular complexity index is 699. The third-order valence-corrected chi connectivity index (χ3v) is 4.14. The number of rotatable bonds is 4. The Labute approximate surface area is 133 Å². The highest BCUT2D eigenvalue weighted by Crippen LogP contribution is 2.50. The van der Waals surface area contributed by atoms with Crippen LogP contribution in [0.5, 0.6) is 0 Å². The van der Waals surface area contributed by atoms with Gasteiger partial charge in [-0.25, -0.2) is 9.37 Å². The maximum Gasteiger partial charge on any atom is 0.194 e. The van der Waals surface area contributed by atoms with Crippen molar-refractivity contribution in [3.8, 4) is 0 Å². The number of hydrogen-bond acceptors (Lipinski definition) is 2. The second-order valence-corrected chi connectivity index (χ2v) is 5.85. The summed E-state index contributed by atoms with van der Waals surface area (Å²) >= 11 is 6.15. The van der Waals surface area contributed by atoms with Crippen LogP contribution in [-0.4, -0.2) is 17.5 Å². The lowest BCUT2D eigenvalue weighted by atomic mass is 9.96. The van der Waals surface area contributed by atoms with Crippen LogP contribution in [0.3, 0.4) is 0 Å². The number of guanidine groups is 1. The van der Waals surface area contributed by atoms with E-state index in [1.54, 1.807) is 12.3 Å². The minimum Gasteiger partial charge on any atom is -0.370 e. The van der Waals surface area contributed by atoms with Crippen molar-refractivity contribution in [3.63, 3.8) is 0 Å². The number of pyridine rings is 1. The topological polar surface area (TPSA) is 63.3 Å². The van der Waals surface area contributed by atoms with Crippen molar-refractivity contribution in [3.05, 3.63) is 59.0 Å². The zero-order valence-corrected chi connectivity index (χ0v) is 12.6. The first kappa shape index (κ1) is 14.8. The molecule has 3 N–H and O–H groups in total. The van der Waals surface area contributed by atoms with Crippen LogP contribution in [0, 0.1) is 5.82 Å². The number of benzene rings is 1. The second-order valence-electron chi connectivity index (χ2n) is 5.45. The number of hydrogen-bond donors (Lipinski definition) is 2. The fourth-order valence-electron chi connectivity index (χ4n) is 2.43. The lowest BCUT2D eigenvalue weighted by molar-refractivity contribution is 0.623. The molecule has 6 heteroatoms. The molecule has 0 unspecified atom stereocenters. The first-order valence-electron chi connectivity index (χ1n) is 7.03. The highest BCUT2D eigenvalue weighted by molar-refractivity contribution is 6.31. The van der Waals surface area contributed by atoms with Crippen molar-refractivity contribution >= 4 is 23.4 Å². The standard InChI is InChI=1S/C16H16ClFN4/c17-13-9-11(18)4-5-12(13)16(6-7-16)10-21-15(19)22-14-3-1-2-8-20-14/h1-5,8-9H,6-7,10H2,(H3,19,20,21,22). The summed E-state index contributed by atoms with van der Waals surface area (Å²) in [5.41, 5.74) is 6.70. The Morgan fingerprint density at radius 1 is 1.36 bits per heavy atom. The van der Waals surface area contributed by atoms with E-state index in [9.17, 15) is 4.39 Å². The van der Waals surface area contributed by atoms with E-state index in [4.69, 9.17) is 17.3 Å². The molecule has 0 bridgehead atoms. The molecule has 0 saturated heterocycles. The van der Waals surface area contributed by atoms with Gasteiger partial charge in [0.2, 0.25) is 0 Å². The number of aliphatic imine (C=N–C) groups is 1. The van der Waals surface area contributed by atoms with Gasteiger partial charge in [0.05, 0.1) is 6.54 Å². The van der Waals surface area contributed by atoms with Crippen molar-refractivity contribution in [1.82, 2.24) is 4.98 Å². The maximum absolute atomic E-state index is 13.2. The molecule has 4 nitrogen and oxygen atoms in total. The minimum absolute atomic E-state index is 0.124. The molecule has 1 fully saturated rings. The molecule has 1 saturated carbocycles. The van der Waals surface area contributed by atoms with E-state index >= 15 is 0 Å². The molecule has 22 heavy (non-hydrogen) atoms. The summed E-state index contributed by atoms with van der Waals surface area (Å²) in [6, 6.07) is 10.0. The van der Waals surface area contributed by atoms with Gasteiger partial charge in [0.1, 0.15) is 11.6 Å². The fraction of sp³-hybridized carbons (Fsp3) is 0.250. The van der Waals surface area contributed by atoms with Gasteiger partial charge in [0.15, 0.2) is 5.96 Å². The molecular weight excluding hydrogens is 303 g/mol. The van der Waals surface area contributed by atoms with Crippen LogP contribution in [0.15, 0.2) is 47.6 Å². The average molecular weight is 319 g/mol. The summed E-state index contributed by atoms with van der Waals surface area (Å²) in [7, 11) is 0. The number of nitrogens with one attached hydrogen (secondary N) is 1. The van der Waals surface area contributed by atoms with E-state index in [2.05, 4.69) is 15.3 Å². The van der Waals surface area contributed by atoms with E-state index in [1.807, 2.05) is 18.2 Å². The van der Waals surface area contributed by atoms with Crippen molar-refractivity contribution < 1.29 is 4.39 Å². The van der Waals surface area contributed by atoms with Gasteiger partial charge >= 0.3 is 0 Å². The van der Waals surface area contributed by atoms with Crippen LogP contribution in [0.2, 0.25) is 5.02 Å². The van der Waals surface area contributed by atoms with Crippen molar-refractivity contribution in [2.24, 2.45) is 10.7 Å². The van der Waals surface area contributed by atoms with Gasteiger partial charge in [-0.3, -0.25) is 4.99 Å². The maximum atomic E-state index is 13.2. The molecule has 1 aromatic carbocycles. The monoisotopic (exact) mass is 318 g/mol. The van der Waals surface area contributed by atoms with E-state index in [0.717, 1.165) is 18.4 Å². The lowest BCUT2D eigenvalue weighted by Crippen LogP contribution is -2.25. The summed E-state index contributed by atoms with van der Waals surface area (Å²) in [6.45, 7) is 0.518. The quantitative estimate of drug-likeness (QED) is 0.671. The fourth-order valence-corrected chi connectivity index (χ4v) is 2.79. The van der Waals surface area contributed by atoms with Gasteiger partial charge in [-0.05, 0) is 42.7 Å². The zero-order chi connectivity index (χ0) is 15.6. The SMILES string of the molecule is NC(=NCC1(c2ccc(F)cc2Cl)CC1)Nc1ccccn1. The predicted octanol–water partition coefficient (Wildman–Crippen LogP) is 3.33. The zero-order valence-electron chi connectivity index (χ0n) is 11.9. The van der Waals surface area contributed by atoms with Gasteiger partial charge in [-0.2, -0.15) is 0 Å². The first-order valence-corrected chi connectivity index (χ1v) is 7.40. The third-order valence-electron chi connectivity index (χ3n) is 3.83. The Kier molecular flexibility index (Phi) is 3.98. The van der Waals surface area contributed by atoms with Crippen LogP contribution >= 0.6 is 11.6 Å². The molecule has 2 aromatic rings. The van der Waals surface area contributed by atoms with E-state index < -0.39 is 0 Å². The molecule has 1 heterocycles. The molecule has 0 atom stereocenters. The van der Waals surface area contributed by atoms with Crippen molar-refractivity contribution in [2.45, 2.75) is 18.3 Å². The Morgan fingerprint density at radius 3 is 2.82 bits per heavy atom. The number of nitrogens with zero attached hydrogens (tertiary/aromatic N) is 2. The number of anilines is 1. The predicted molar refractivity (Wildman–Crippen MR) is 86.7 cm³/mol. The van der Waals surface area contributed by atoms with Gasteiger partial charge in [-0.1, -0.05) is 23.7 Å². The van der Waals surface area contributed by atoms with Crippen molar-refractivity contribution in [2.75, 3.05) is 11.9 Å². The largest absolute Gasteiger partial charge is 0.370 e. The molecular formula is C16H16ClFN4. The molecule has 3 rings (SSSR count). The highest BCUT2D eigenvalue weighted by Gasteiger charge is 2.45. The number of halogens is 2. The molecule has 1 aromatic heterocycles. The van der Waals surface area contributed by atoms with E-state index in [-0.39, 0.29) is 11.2 Å². The molecule has 0 amide bonds. The minimum atomic E-state index is -0.329. The molecule has 1 aliphatic carbocycles. The van der Waals surface area contributed by atoms with Crippen LogP contribution < -0.4 is 11.1 Å². The smallest absolute Gasteiger partial charge is 0.194 e. The normalized spacial score (nSPS) is 16.4. The molecule has 1 aliphatic rings. The lowest BCUT2D eigenvalue weighted by Gasteiger charge is -2.15. The Hall–Kier alpha value is -2.14. The van der Waals surface area contributed by atoms with E-state index in [1.165, 1.54) is 12.1 Å². The van der Waals surface area contributed by atoms with Gasteiger partial charge < -0.3 is 11.1 Å². The van der Waals surface area contributed by atoms with Crippen LogP contribution in [0.25, 0.3) is 0 Å². The molecule has 0 radical (unpaired) electrons. The van der Waals surface area contributed by atoms with Crippen LogP contribution in [-0.2, 0) is 5.41 Å². The summed E-state index contributed by atoms with van der Waals surface area (Å²) in [4.78, 5) is 8.51. The van der Waals surface area contributed by atoms with Gasteiger partial charge in [-0.15, -0.1) is 0 Å². The average Bonchev–Trinajstić information content (AvgIpc) is 3.27. The summed E-state index contributed by atoms with van der Waals surface area (Å²) in [6.07, 6.45) is 3.62. The molecule has 0 aliphatic heterocycles. The highest BCUT2D eigenvalue weighted by atomic mass is 35.5. The van der Waals surface area contributed by atoms with E-state index in [0.29, 0.717) is 23.3 Å². The Morgan fingerprint density at radius 2 is 2.18 bits per heavy atom. The van der Waals surface area contributed by atoms with Crippen LogP contribution in [0.4, 0.5) is 10.2 Å². The summed E-state index contributed by atoms with van der Waals surface area (Å²) in [5, 5.41) is 3.39. The number of aromatic nitrogens is 1. The Balaban J connectivity index is 1.71. The van der Waals surface area contributed by atoms with Gasteiger partial charge in [0.25, 0.3) is 0 Å². The molecule has 114 valence electrons.